The van der Waals surface area contributed by atoms with E-state index in [-0.39, 0.29) is 18.0 Å². The van der Waals surface area contributed by atoms with Gasteiger partial charge in [0.1, 0.15) is 28.3 Å². The minimum Gasteiger partial charge on any atom is -0.315 e. The summed E-state index contributed by atoms with van der Waals surface area (Å²) in [4.78, 5) is 32.7. The van der Waals surface area contributed by atoms with Gasteiger partial charge in [-0.3, -0.25) is 14.2 Å². The second-order valence-electron chi connectivity index (χ2n) is 6.70. The predicted molar refractivity (Wildman–Crippen MR) is 108 cm³/mol. The highest BCUT2D eigenvalue weighted by Crippen LogP contribution is 2.37. The summed E-state index contributed by atoms with van der Waals surface area (Å²) in [5.41, 5.74) is 1.45. The zero-order chi connectivity index (χ0) is 19.1. The van der Waals surface area contributed by atoms with Crippen molar-refractivity contribution in [3.63, 3.8) is 0 Å². The molecule has 0 spiro atoms. The Morgan fingerprint density at radius 2 is 2.11 bits per heavy atom. The Morgan fingerprint density at radius 3 is 2.89 bits per heavy atom. The molecule has 1 amide bonds. The molecule has 3 aromatic heterocycles. The number of carbonyl (C=O) groups excluding carboxylic acids is 1. The van der Waals surface area contributed by atoms with Gasteiger partial charge in [0.2, 0.25) is 5.91 Å². The van der Waals surface area contributed by atoms with Gasteiger partial charge in [0, 0.05) is 9.75 Å². The lowest BCUT2D eigenvalue weighted by molar-refractivity contribution is -0.116. The maximum absolute atomic E-state index is 12.7. The van der Waals surface area contributed by atoms with Gasteiger partial charge in [0.25, 0.3) is 5.56 Å². The van der Waals surface area contributed by atoms with Gasteiger partial charge in [0.05, 0.1) is 10.9 Å². The van der Waals surface area contributed by atoms with E-state index in [1.54, 1.807) is 6.92 Å². The maximum atomic E-state index is 12.7. The van der Waals surface area contributed by atoms with E-state index in [1.807, 2.05) is 13.0 Å². The molecule has 0 aromatic carbocycles. The van der Waals surface area contributed by atoms with E-state index >= 15 is 0 Å². The Balaban J connectivity index is 1.63. The Hall–Kier alpha value is -2.50. The van der Waals surface area contributed by atoms with E-state index in [0.29, 0.717) is 26.6 Å². The molecular weight excluding hydrogens is 380 g/mol. The third-order valence-corrected chi connectivity index (χ3v) is 6.95. The number of hydrogen-bond donors (Lipinski definition) is 1. The number of fused-ring (bicyclic) bond motifs is 2. The molecule has 1 N–H and O–H groups in total. The van der Waals surface area contributed by atoms with Gasteiger partial charge in [-0.25, -0.2) is 4.98 Å². The lowest BCUT2D eigenvalue weighted by Gasteiger charge is -2.10. The largest absolute Gasteiger partial charge is 0.315 e. The fourth-order valence-electron chi connectivity index (χ4n) is 3.51. The van der Waals surface area contributed by atoms with Gasteiger partial charge in [0.15, 0.2) is 0 Å². The molecule has 1 aliphatic carbocycles. The lowest BCUT2D eigenvalue weighted by atomic mass is 9.96. The van der Waals surface area contributed by atoms with Crippen molar-refractivity contribution in [2.75, 3.05) is 5.32 Å². The second kappa shape index (κ2) is 6.91. The average molecular weight is 399 g/mol. The standard InChI is InChI=1S/C19H18N4O2S2/c1-10-7-13-17(26-10)21-11(2)23(19(13)25)9-16(24)22-18-14(8-20)12-5-3-4-6-15(12)27-18/h7H,3-6,9H2,1-2H3,(H,22,24). The average Bonchev–Trinajstić information content (AvgIpc) is 3.17. The molecule has 27 heavy (non-hydrogen) atoms. The number of nitrogens with zero attached hydrogens (tertiary/aromatic N) is 3. The normalized spacial score (nSPS) is 13.4. The van der Waals surface area contributed by atoms with Crippen LogP contribution in [0.15, 0.2) is 10.9 Å². The zero-order valence-electron chi connectivity index (χ0n) is 15.1. The van der Waals surface area contributed by atoms with Gasteiger partial charge in [-0.15, -0.1) is 22.7 Å². The summed E-state index contributed by atoms with van der Waals surface area (Å²) in [6, 6.07) is 4.05. The number of thiophene rings is 2. The highest BCUT2D eigenvalue weighted by atomic mass is 32.1. The number of aromatic nitrogens is 2. The molecule has 0 saturated carbocycles. The molecule has 0 radical (unpaired) electrons. The number of amides is 1. The van der Waals surface area contributed by atoms with Crippen molar-refractivity contribution in [3.8, 4) is 6.07 Å². The quantitative estimate of drug-likeness (QED) is 0.731. The first-order valence-corrected chi connectivity index (χ1v) is 10.4. The SMILES string of the molecule is Cc1cc2c(=O)n(CC(=O)Nc3sc4c(c3C#N)CCCC4)c(C)nc2s1. The van der Waals surface area contributed by atoms with E-state index in [1.165, 1.54) is 32.1 Å². The summed E-state index contributed by atoms with van der Waals surface area (Å²) in [7, 11) is 0. The summed E-state index contributed by atoms with van der Waals surface area (Å²) >= 11 is 2.96. The molecule has 0 aliphatic heterocycles. The van der Waals surface area contributed by atoms with E-state index in [4.69, 9.17) is 0 Å². The van der Waals surface area contributed by atoms with Crippen LogP contribution in [0.2, 0.25) is 0 Å². The fraction of sp³-hybridized carbons (Fsp3) is 0.368. The Labute approximate surface area is 164 Å². The monoisotopic (exact) mass is 398 g/mol. The van der Waals surface area contributed by atoms with Gasteiger partial charge >= 0.3 is 0 Å². The molecule has 0 fully saturated rings. The third kappa shape index (κ3) is 3.17. The van der Waals surface area contributed by atoms with E-state index < -0.39 is 0 Å². The number of aryl methyl sites for hydroxylation is 3. The first kappa shape index (κ1) is 17.9. The van der Waals surface area contributed by atoms with Crippen molar-refractivity contribution < 1.29 is 4.79 Å². The van der Waals surface area contributed by atoms with Crippen LogP contribution in [0.4, 0.5) is 5.00 Å². The number of carbonyl (C=O) groups is 1. The molecule has 0 unspecified atom stereocenters. The smallest absolute Gasteiger partial charge is 0.262 e. The summed E-state index contributed by atoms with van der Waals surface area (Å²) in [6.45, 7) is 3.55. The molecule has 3 aromatic rings. The van der Waals surface area contributed by atoms with Crippen molar-refractivity contribution in [2.24, 2.45) is 0 Å². The fourth-order valence-corrected chi connectivity index (χ4v) is 5.68. The Kier molecular flexibility index (Phi) is 4.58. The molecule has 138 valence electrons. The Bertz CT molecular complexity index is 1160. The van der Waals surface area contributed by atoms with Crippen LogP contribution >= 0.6 is 22.7 Å². The topological polar surface area (TPSA) is 87.8 Å². The predicted octanol–water partition coefficient (Wildman–Crippen LogP) is 3.53. The summed E-state index contributed by atoms with van der Waals surface area (Å²) < 4.78 is 1.39. The first-order chi connectivity index (χ1) is 13.0. The number of nitrogens with one attached hydrogen (secondary N) is 1. The van der Waals surface area contributed by atoms with Gasteiger partial charge in [-0.05, 0) is 51.2 Å². The summed E-state index contributed by atoms with van der Waals surface area (Å²) in [5, 5.41) is 13.5. The molecule has 3 heterocycles. The summed E-state index contributed by atoms with van der Waals surface area (Å²) in [6.07, 6.45) is 4.04. The zero-order valence-corrected chi connectivity index (χ0v) is 16.7. The van der Waals surface area contributed by atoms with Crippen LogP contribution in [0.5, 0.6) is 0 Å². The van der Waals surface area contributed by atoms with Crippen LogP contribution in [0.3, 0.4) is 0 Å². The third-order valence-electron chi connectivity index (χ3n) is 4.80. The van der Waals surface area contributed by atoms with E-state index in [9.17, 15) is 14.9 Å². The number of hydrogen-bond acceptors (Lipinski definition) is 6. The molecule has 4 rings (SSSR count). The van der Waals surface area contributed by atoms with Crippen molar-refractivity contribution >= 4 is 43.8 Å². The van der Waals surface area contributed by atoms with Gasteiger partial charge in [-0.2, -0.15) is 5.26 Å². The van der Waals surface area contributed by atoms with Crippen LogP contribution in [-0.4, -0.2) is 15.5 Å². The number of rotatable bonds is 3. The summed E-state index contributed by atoms with van der Waals surface area (Å²) in [5.74, 6) is 0.193. The van der Waals surface area contributed by atoms with Crippen LogP contribution in [0, 0.1) is 25.2 Å². The minimum absolute atomic E-state index is 0.115. The maximum Gasteiger partial charge on any atom is 0.262 e. The van der Waals surface area contributed by atoms with Crippen LogP contribution < -0.4 is 10.9 Å². The molecule has 0 bridgehead atoms. The van der Waals surface area contributed by atoms with Crippen molar-refractivity contribution in [3.05, 3.63) is 43.1 Å². The van der Waals surface area contributed by atoms with Crippen molar-refractivity contribution in [1.82, 2.24) is 9.55 Å². The second-order valence-corrected chi connectivity index (χ2v) is 9.04. The number of anilines is 1. The van der Waals surface area contributed by atoms with Crippen LogP contribution in [0.25, 0.3) is 10.2 Å². The lowest BCUT2D eigenvalue weighted by Crippen LogP contribution is -2.29. The van der Waals surface area contributed by atoms with E-state index in [2.05, 4.69) is 16.4 Å². The van der Waals surface area contributed by atoms with Gasteiger partial charge < -0.3 is 5.32 Å². The first-order valence-electron chi connectivity index (χ1n) is 8.80. The van der Waals surface area contributed by atoms with Gasteiger partial charge in [-0.1, -0.05) is 0 Å². The van der Waals surface area contributed by atoms with Crippen molar-refractivity contribution in [2.45, 2.75) is 46.1 Å². The van der Waals surface area contributed by atoms with Crippen LogP contribution in [0.1, 0.15) is 39.5 Å². The van der Waals surface area contributed by atoms with E-state index in [0.717, 1.165) is 36.1 Å². The molecule has 0 saturated heterocycles. The van der Waals surface area contributed by atoms with Crippen LogP contribution in [-0.2, 0) is 24.2 Å². The highest BCUT2D eigenvalue weighted by Gasteiger charge is 2.22. The Morgan fingerprint density at radius 1 is 1.33 bits per heavy atom. The minimum atomic E-state index is -0.316. The van der Waals surface area contributed by atoms with Crippen molar-refractivity contribution in [1.29, 1.82) is 5.26 Å². The molecule has 0 atom stereocenters. The molecule has 8 heteroatoms. The number of nitriles is 1. The molecular formula is C19H18N4O2S2. The molecule has 1 aliphatic rings. The highest BCUT2D eigenvalue weighted by molar-refractivity contribution is 7.18. The molecule has 6 nitrogen and oxygen atoms in total.